The first-order valence-corrected chi connectivity index (χ1v) is 9.68. The molecule has 1 aromatic carbocycles. The highest BCUT2D eigenvalue weighted by Gasteiger charge is 2.20. The Morgan fingerprint density at radius 3 is 2.79 bits per heavy atom. The van der Waals surface area contributed by atoms with Gasteiger partial charge in [-0.3, -0.25) is 9.59 Å². The molecule has 0 spiro atoms. The summed E-state index contributed by atoms with van der Waals surface area (Å²) in [5.74, 6) is 0.931. The lowest BCUT2D eigenvalue weighted by Crippen LogP contribution is -2.32. The number of amides is 1. The van der Waals surface area contributed by atoms with Gasteiger partial charge >= 0.3 is 0 Å². The molecule has 2 aromatic heterocycles. The van der Waals surface area contributed by atoms with E-state index in [1.54, 1.807) is 37.2 Å². The van der Waals surface area contributed by atoms with Crippen molar-refractivity contribution in [1.82, 2.24) is 19.5 Å². The van der Waals surface area contributed by atoms with Crippen molar-refractivity contribution in [2.24, 2.45) is 0 Å². The molecule has 0 fully saturated rings. The van der Waals surface area contributed by atoms with Crippen LogP contribution in [0.15, 0.2) is 35.4 Å². The first kappa shape index (κ1) is 19.0. The molecular formula is C21H24N4O4. The van der Waals surface area contributed by atoms with Crippen LogP contribution in [0.4, 0.5) is 0 Å². The second kappa shape index (κ2) is 7.98. The number of carbonyl (C=O) groups is 1. The molecule has 3 aromatic rings. The lowest BCUT2D eigenvalue weighted by Gasteiger charge is -2.13. The Balaban J connectivity index is 1.51. The second-order valence-electron chi connectivity index (χ2n) is 7.09. The van der Waals surface area contributed by atoms with Crippen molar-refractivity contribution in [3.63, 3.8) is 0 Å². The molecule has 0 saturated heterocycles. The van der Waals surface area contributed by atoms with Crippen LogP contribution in [0.25, 0.3) is 5.52 Å². The third kappa shape index (κ3) is 3.57. The Morgan fingerprint density at radius 1 is 1.17 bits per heavy atom. The van der Waals surface area contributed by atoms with E-state index in [4.69, 9.17) is 9.47 Å². The molecule has 1 aliphatic rings. The van der Waals surface area contributed by atoms with Crippen LogP contribution >= 0.6 is 0 Å². The molecule has 1 aliphatic carbocycles. The van der Waals surface area contributed by atoms with Gasteiger partial charge in [0, 0.05) is 30.1 Å². The van der Waals surface area contributed by atoms with E-state index in [1.165, 1.54) is 4.57 Å². The summed E-state index contributed by atoms with van der Waals surface area (Å²) in [6, 6.07) is 5.49. The third-order valence-corrected chi connectivity index (χ3v) is 5.31. The number of carbonyl (C=O) groups excluding carboxylic acids is 1. The van der Waals surface area contributed by atoms with Gasteiger partial charge in [-0.05, 0) is 31.7 Å². The van der Waals surface area contributed by atoms with E-state index in [-0.39, 0.29) is 24.6 Å². The van der Waals surface area contributed by atoms with Crippen LogP contribution in [0, 0.1) is 0 Å². The summed E-state index contributed by atoms with van der Waals surface area (Å²) in [5, 5.41) is 7.37. The van der Waals surface area contributed by atoms with Crippen molar-refractivity contribution in [3.8, 4) is 11.5 Å². The van der Waals surface area contributed by atoms with Gasteiger partial charge in [-0.25, -0.2) is 4.52 Å². The standard InChI is InChI=1S/C21H24N4O4/c1-28-17-9-5-6-14(20(17)29-2)12-22-18(26)13-24-10-11-25-19(21(24)27)15-7-3-4-8-16(15)23-25/h5-6,9-11H,3-4,7-8,12-13H2,1-2H3,(H,22,26). The fourth-order valence-electron chi connectivity index (χ4n) is 3.88. The fourth-order valence-corrected chi connectivity index (χ4v) is 3.88. The minimum Gasteiger partial charge on any atom is -0.493 e. The summed E-state index contributed by atoms with van der Waals surface area (Å²) in [6.07, 6.45) is 7.28. The molecule has 1 N–H and O–H groups in total. The van der Waals surface area contributed by atoms with Crippen molar-refractivity contribution >= 4 is 11.4 Å². The molecule has 2 heterocycles. The molecule has 8 heteroatoms. The molecule has 8 nitrogen and oxygen atoms in total. The summed E-state index contributed by atoms with van der Waals surface area (Å²) >= 11 is 0. The average Bonchev–Trinajstić information content (AvgIpc) is 3.13. The van der Waals surface area contributed by atoms with Crippen molar-refractivity contribution in [2.45, 2.75) is 38.8 Å². The van der Waals surface area contributed by atoms with E-state index >= 15 is 0 Å². The van der Waals surface area contributed by atoms with Crippen LogP contribution in [-0.2, 0) is 30.7 Å². The second-order valence-corrected chi connectivity index (χ2v) is 7.09. The number of rotatable bonds is 6. The van der Waals surface area contributed by atoms with E-state index in [0.717, 1.165) is 42.5 Å². The molecule has 0 saturated carbocycles. The lowest BCUT2D eigenvalue weighted by molar-refractivity contribution is -0.121. The number of aromatic nitrogens is 3. The lowest BCUT2D eigenvalue weighted by atomic mass is 9.97. The fraction of sp³-hybridized carbons (Fsp3) is 0.381. The predicted molar refractivity (Wildman–Crippen MR) is 107 cm³/mol. The monoisotopic (exact) mass is 396 g/mol. The summed E-state index contributed by atoms with van der Waals surface area (Å²) in [4.78, 5) is 25.4. The van der Waals surface area contributed by atoms with Crippen LogP contribution in [0.5, 0.6) is 11.5 Å². The summed E-state index contributed by atoms with van der Waals surface area (Å²) < 4.78 is 13.8. The largest absolute Gasteiger partial charge is 0.493 e. The number of para-hydroxylation sites is 1. The van der Waals surface area contributed by atoms with Crippen molar-refractivity contribution < 1.29 is 14.3 Å². The molecule has 0 atom stereocenters. The maximum Gasteiger partial charge on any atom is 0.277 e. The van der Waals surface area contributed by atoms with Gasteiger partial charge in [0.15, 0.2) is 11.5 Å². The maximum atomic E-state index is 12.9. The number of ether oxygens (including phenoxy) is 2. The number of nitrogens with zero attached hydrogens (tertiary/aromatic N) is 3. The van der Waals surface area contributed by atoms with Gasteiger partial charge in [-0.15, -0.1) is 0 Å². The number of benzene rings is 1. The summed E-state index contributed by atoms with van der Waals surface area (Å²) in [7, 11) is 3.13. The van der Waals surface area contributed by atoms with Gasteiger partial charge in [0.25, 0.3) is 5.56 Å². The van der Waals surface area contributed by atoms with Crippen LogP contribution in [0.1, 0.15) is 29.7 Å². The topological polar surface area (TPSA) is 86.9 Å². The molecule has 4 rings (SSSR count). The molecule has 0 aliphatic heterocycles. The number of hydrogen-bond donors (Lipinski definition) is 1. The number of nitrogens with one attached hydrogen (secondary N) is 1. The molecule has 29 heavy (non-hydrogen) atoms. The SMILES string of the molecule is COc1cccc(CNC(=O)Cn2ccn3nc4c(c3c2=O)CCCC4)c1OC. The minimum atomic E-state index is -0.255. The number of fused-ring (bicyclic) bond motifs is 3. The normalized spacial score (nSPS) is 13.2. The Bertz CT molecular complexity index is 1120. The van der Waals surface area contributed by atoms with E-state index in [2.05, 4.69) is 10.4 Å². The summed E-state index contributed by atoms with van der Waals surface area (Å²) in [6.45, 7) is 0.222. The van der Waals surface area contributed by atoms with Gasteiger partial charge in [-0.1, -0.05) is 12.1 Å². The van der Waals surface area contributed by atoms with Gasteiger partial charge in [0.2, 0.25) is 5.91 Å². The van der Waals surface area contributed by atoms with Crippen LogP contribution in [0.2, 0.25) is 0 Å². The zero-order valence-corrected chi connectivity index (χ0v) is 16.6. The molecule has 0 bridgehead atoms. The number of methoxy groups -OCH3 is 2. The van der Waals surface area contributed by atoms with Crippen molar-refractivity contribution in [2.75, 3.05) is 14.2 Å². The number of aryl methyl sites for hydroxylation is 2. The highest BCUT2D eigenvalue weighted by Crippen LogP contribution is 2.30. The van der Waals surface area contributed by atoms with Crippen LogP contribution < -0.4 is 20.3 Å². The quantitative estimate of drug-likeness (QED) is 0.685. The molecule has 0 unspecified atom stereocenters. The maximum absolute atomic E-state index is 12.9. The molecule has 152 valence electrons. The Hall–Kier alpha value is -3.29. The minimum absolute atomic E-state index is 0.0540. The predicted octanol–water partition coefficient (Wildman–Crippen LogP) is 1.71. The van der Waals surface area contributed by atoms with Crippen LogP contribution in [0.3, 0.4) is 0 Å². The Morgan fingerprint density at radius 2 is 2.00 bits per heavy atom. The van der Waals surface area contributed by atoms with Gasteiger partial charge in [0.05, 0.1) is 19.9 Å². The number of hydrogen-bond acceptors (Lipinski definition) is 5. The van der Waals surface area contributed by atoms with Gasteiger partial charge in [0.1, 0.15) is 12.1 Å². The van der Waals surface area contributed by atoms with Crippen molar-refractivity contribution in [1.29, 1.82) is 0 Å². The zero-order chi connectivity index (χ0) is 20.4. The zero-order valence-electron chi connectivity index (χ0n) is 16.6. The van der Waals surface area contributed by atoms with E-state index in [9.17, 15) is 9.59 Å². The van der Waals surface area contributed by atoms with E-state index in [0.29, 0.717) is 17.0 Å². The molecule has 1 amide bonds. The molecular weight excluding hydrogens is 372 g/mol. The van der Waals surface area contributed by atoms with Gasteiger partial charge in [-0.2, -0.15) is 5.10 Å². The first-order valence-electron chi connectivity index (χ1n) is 9.68. The van der Waals surface area contributed by atoms with E-state index in [1.807, 2.05) is 12.1 Å². The van der Waals surface area contributed by atoms with Crippen LogP contribution in [-0.4, -0.2) is 34.3 Å². The van der Waals surface area contributed by atoms with Gasteiger partial charge < -0.3 is 19.4 Å². The average molecular weight is 396 g/mol. The van der Waals surface area contributed by atoms with E-state index < -0.39 is 0 Å². The smallest absolute Gasteiger partial charge is 0.277 e. The molecule has 0 radical (unpaired) electrons. The third-order valence-electron chi connectivity index (χ3n) is 5.31. The Kier molecular flexibility index (Phi) is 5.24. The summed E-state index contributed by atoms with van der Waals surface area (Å²) in [5.41, 5.74) is 3.23. The Labute approximate surface area is 168 Å². The highest BCUT2D eigenvalue weighted by atomic mass is 16.5. The highest BCUT2D eigenvalue weighted by molar-refractivity contribution is 5.76. The first-order chi connectivity index (χ1) is 14.1. The van der Waals surface area contributed by atoms with Crippen molar-refractivity contribution in [3.05, 3.63) is 57.8 Å².